The van der Waals surface area contributed by atoms with E-state index in [0.717, 1.165) is 83.2 Å². The molecule has 4 aromatic carbocycles. The zero-order chi connectivity index (χ0) is 50.4. The van der Waals surface area contributed by atoms with Crippen LogP contribution in [0.5, 0.6) is 0 Å². The first-order chi connectivity index (χ1) is 34.6. The van der Waals surface area contributed by atoms with Crippen molar-refractivity contribution in [3.8, 4) is 0 Å². The SMILES string of the molecule is Cc1ccc2c(n1)oc1c(N3C=CN(C(C)C)C3C)c(C)ccc12.Cc1ccc2c(n1)oc1c(N3C=CN(C)C3C)c(C)ccc12.Cc1ccc2c(n1)oc1c(N3c4ccccc4N(C)C3C)c(C)ccc12. The summed E-state index contributed by atoms with van der Waals surface area (Å²) >= 11 is 0. The number of pyridine rings is 3. The van der Waals surface area contributed by atoms with Crippen LogP contribution in [0, 0.1) is 41.5 Å². The number of benzene rings is 4. The fraction of sp³-hybridized carbons (Fsp3) is 0.283. The molecule has 13 rings (SSSR count). The average Bonchev–Trinajstić information content (AvgIpc) is 4.21. The van der Waals surface area contributed by atoms with Crippen LogP contribution in [0.15, 0.2) is 135 Å². The van der Waals surface area contributed by atoms with E-state index in [0.29, 0.717) is 23.2 Å². The number of rotatable bonds is 4. The van der Waals surface area contributed by atoms with E-state index in [4.69, 9.17) is 13.3 Å². The van der Waals surface area contributed by atoms with Crippen molar-refractivity contribution < 1.29 is 13.3 Å². The number of furan rings is 3. The molecule has 3 aliphatic heterocycles. The highest BCUT2D eigenvalue weighted by molar-refractivity contribution is 6.11. The van der Waals surface area contributed by atoms with Gasteiger partial charge in [0, 0.05) is 94.3 Å². The second-order valence-corrected chi connectivity index (χ2v) is 20.0. The van der Waals surface area contributed by atoms with Crippen LogP contribution in [0.3, 0.4) is 0 Å². The molecule has 0 bridgehead atoms. The van der Waals surface area contributed by atoms with E-state index in [1.165, 1.54) is 28.1 Å². The van der Waals surface area contributed by atoms with Crippen LogP contribution in [0.2, 0.25) is 0 Å². The molecule has 72 heavy (non-hydrogen) atoms. The van der Waals surface area contributed by atoms with Gasteiger partial charge < -0.3 is 42.7 Å². The van der Waals surface area contributed by atoms with Gasteiger partial charge in [0.15, 0.2) is 16.7 Å². The Kier molecular flexibility index (Phi) is 11.4. The molecule has 0 amide bonds. The summed E-state index contributed by atoms with van der Waals surface area (Å²) in [5, 5.41) is 6.59. The fourth-order valence-electron chi connectivity index (χ4n) is 10.8. The van der Waals surface area contributed by atoms with Gasteiger partial charge in [-0.3, -0.25) is 0 Å². The zero-order valence-electron chi connectivity index (χ0n) is 43.6. The third-order valence-electron chi connectivity index (χ3n) is 15.0. The fourth-order valence-corrected chi connectivity index (χ4v) is 10.8. The standard InChI is InChI=1S/C22H21N3O.C20H23N3O.C18H19N3O/c1-13-9-11-16-17-12-10-14(2)23-22(17)26-21(16)20(13)25-15(3)24(4)18-7-5-6-8-19(18)25;1-12(2)22-10-11-23(15(22)5)18-13(3)6-8-16-17-9-7-14(4)21-20(17)24-19(16)18;1-11-5-7-14-15-8-6-12(2)19-18(15)22-17(14)16(11)21-10-9-20(4)13(21)3/h5-12,15H,1-4H3;6-12,15H,1-5H3;5-10,13H,1-4H3. The van der Waals surface area contributed by atoms with Crippen molar-refractivity contribution >= 4 is 94.6 Å². The van der Waals surface area contributed by atoms with Gasteiger partial charge in [0.25, 0.3) is 0 Å². The Morgan fingerprint density at radius 3 is 1.26 bits per heavy atom. The van der Waals surface area contributed by atoms with Crippen molar-refractivity contribution in [3.05, 3.63) is 156 Å². The second-order valence-electron chi connectivity index (χ2n) is 20.0. The topological polar surface area (TPSA) is 97.5 Å². The summed E-state index contributed by atoms with van der Waals surface area (Å²) in [6.45, 7) is 23.4. The van der Waals surface area contributed by atoms with Crippen molar-refractivity contribution in [1.29, 1.82) is 0 Å². The molecule has 12 heteroatoms. The molecule has 0 saturated carbocycles. The van der Waals surface area contributed by atoms with E-state index in [-0.39, 0.29) is 18.5 Å². The van der Waals surface area contributed by atoms with Crippen LogP contribution in [0.1, 0.15) is 68.4 Å². The number of hydrogen-bond acceptors (Lipinski definition) is 12. The molecule has 0 N–H and O–H groups in total. The average molecular weight is 958 g/mol. The van der Waals surface area contributed by atoms with E-state index < -0.39 is 0 Å². The van der Waals surface area contributed by atoms with Gasteiger partial charge in [-0.05, 0) is 141 Å². The third-order valence-corrected chi connectivity index (χ3v) is 15.0. The Hall–Kier alpha value is -7.99. The van der Waals surface area contributed by atoms with E-state index in [1.54, 1.807) is 0 Å². The summed E-state index contributed by atoms with van der Waals surface area (Å²) in [5.41, 5.74) is 17.2. The number of hydrogen-bond donors (Lipinski definition) is 0. The van der Waals surface area contributed by atoms with Gasteiger partial charge >= 0.3 is 0 Å². The molecule has 10 aromatic rings. The van der Waals surface area contributed by atoms with Crippen molar-refractivity contribution in [2.24, 2.45) is 0 Å². The molecule has 12 nitrogen and oxygen atoms in total. The lowest BCUT2D eigenvalue weighted by atomic mass is 10.1. The minimum absolute atomic E-state index is 0.208. The Morgan fingerprint density at radius 2 is 0.833 bits per heavy atom. The first kappa shape index (κ1) is 46.4. The van der Waals surface area contributed by atoms with Crippen LogP contribution in [-0.2, 0) is 0 Å². The molecule has 0 aliphatic carbocycles. The molecule has 0 fully saturated rings. The minimum atomic E-state index is 0.208. The molecule has 0 radical (unpaired) electrons. The summed E-state index contributed by atoms with van der Waals surface area (Å²) < 4.78 is 18.6. The van der Waals surface area contributed by atoms with Gasteiger partial charge in [-0.1, -0.05) is 48.5 Å². The van der Waals surface area contributed by atoms with Crippen LogP contribution >= 0.6 is 0 Å². The van der Waals surface area contributed by atoms with Crippen LogP contribution < -0.4 is 19.6 Å². The summed E-state index contributed by atoms with van der Waals surface area (Å²) in [6, 6.07) is 34.3. The summed E-state index contributed by atoms with van der Waals surface area (Å²) in [7, 11) is 4.22. The number of anilines is 5. The van der Waals surface area contributed by atoms with E-state index in [9.17, 15) is 0 Å². The largest absolute Gasteiger partial charge is 0.435 e. The maximum atomic E-state index is 6.28. The van der Waals surface area contributed by atoms with E-state index in [2.05, 4.69) is 217 Å². The molecular weight excluding hydrogens is 895 g/mol. The number of fused-ring (bicyclic) bond motifs is 10. The van der Waals surface area contributed by atoms with Crippen LogP contribution in [0.4, 0.5) is 28.4 Å². The second kappa shape index (κ2) is 17.7. The van der Waals surface area contributed by atoms with Gasteiger partial charge in [-0.25, -0.2) is 15.0 Å². The molecular formula is C60H63N9O3. The molecule has 6 aromatic heterocycles. The molecule has 3 aliphatic rings. The first-order valence-corrected chi connectivity index (χ1v) is 25.0. The Morgan fingerprint density at radius 1 is 0.431 bits per heavy atom. The Balaban J connectivity index is 0.000000117. The minimum Gasteiger partial charge on any atom is -0.435 e. The van der Waals surface area contributed by atoms with Gasteiger partial charge in [-0.15, -0.1) is 0 Å². The maximum Gasteiger partial charge on any atom is 0.227 e. The number of para-hydroxylation sites is 2. The van der Waals surface area contributed by atoms with Crippen molar-refractivity contribution in [1.82, 2.24) is 24.8 Å². The summed E-state index contributed by atoms with van der Waals surface area (Å²) in [5.74, 6) is 0. The smallest absolute Gasteiger partial charge is 0.227 e. The molecule has 0 spiro atoms. The molecule has 9 heterocycles. The highest BCUT2D eigenvalue weighted by Crippen LogP contribution is 2.48. The maximum absolute atomic E-state index is 6.28. The predicted octanol–water partition coefficient (Wildman–Crippen LogP) is 14.6. The lowest BCUT2D eigenvalue weighted by molar-refractivity contribution is 0.263. The van der Waals surface area contributed by atoms with Crippen molar-refractivity contribution in [2.75, 3.05) is 33.7 Å². The lowest BCUT2D eigenvalue weighted by Crippen LogP contribution is -2.39. The highest BCUT2D eigenvalue weighted by atomic mass is 16.3. The molecule has 3 atom stereocenters. The van der Waals surface area contributed by atoms with Gasteiger partial charge in [0.2, 0.25) is 17.1 Å². The van der Waals surface area contributed by atoms with E-state index in [1.807, 2.05) is 39.0 Å². The van der Waals surface area contributed by atoms with Crippen LogP contribution in [0.25, 0.3) is 66.2 Å². The Labute approximate surface area is 421 Å². The number of aryl methyl sites for hydroxylation is 6. The predicted molar refractivity (Wildman–Crippen MR) is 296 cm³/mol. The lowest BCUT2D eigenvalue weighted by Gasteiger charge is -2.33. The third kappa shape index (κ3) is 7.54. The zero-order valence-corrected chi connectivity index (χ0v) is 43.6. The molecule has 3 unspecified atom stereocenters. The van der Waals surface area contributed by atoms with Gasteiger partial charge in [-0.2, -0.15) is 0 Å². The van der Waals surface area contributed by atoms with E-state index >= 15 is 0 Å². The molecule has 366 valence electrons. The van der Waals surface area contributed by atoms with Crippen molar-refractivity contribution in [3.63, 3.8) is 0 Å². The number of aromatic nitrogens is 3. The molecule has 0 saturated heterocycles. The van der Waals surface area contributed by atoms with Crippen molar-refractivity contribution in [2.45, 2.75) is 101 Å². The highest BCUT2D eigenvalue weighted by Gasteiger charge is 2.35. The first-order valence-electron chi connectivity index (χ1n) is 25.0. The quantitative estimate of drug-likeness (QED) is 0.168. The van der Waals surface area contributed by atoms with Gasteiger partial charge in [0.05, 0.1) is 28.4 Å². The van der Waals surface area contributed by atoms with Crippen LogP contribution in [-0.4, -0.2) is 63.4 Å². The Bertz CT molecular complexity index is 3810. The summed E-state index contributed by atoms with van der Waals surface area (Å²) in [6.07, 6.45) is 9.26. The monoisotopic (exact) mass is 958 g/mol. The number of nitrogens with zero attached hydrogens (tertiary/aromatic N) is 9. The van der Waals surface area contributed by atoms with Gasteiger partial charge in [0.1, 0.15) is 18.5 Å². The normalized spacial score (nSPS) is 17.5. The summed E-state index contributed by atoms with van der Waals surface area (Å²) in [4.78, 5) is 27.5.